The maximum Gasteiger partial charge on any atom is 0.323 e. The first-order valence-electron chi connectivity index (χ1n) is 8.15. The van der Waals surface area contributed by atoms with Crippen LogP contribution in [0, 0.1) is 5.92 Å². The molecule has 4 nitrogen and oxygen atoms in total. The number of aromatic nitrogens is 2. The van der Waals surface area contributed by atoms with E-state index in [0.29, 0.717) is 6.04 Å². The van der Waals surface area contributed by atoms with Crippen LogP contribution in [0.5, 0.6) is 0 Å². The molecule has 0 spiro atoms. The van der Waals surface area contributed by atoms with Gasteiger partial charge in [-0.2, -0.15) is 0 Å². The Balaban J connectivity index is 1.78. The number of aromatic amines is 2. The molecule has 21 heavy (non-hydrogen) atoms. The molecule has 1 aromatic carbocycles. The first kappa shape index (κ1) is 14.4. The van der Waals surface area contributed by atoms with E-state index < -0.39 is 0 Å². The number of fused-ring (bicyclic) bond motifs is 1. The first-order chi connectivity index (χ1) is 10.3. The molecular weight excluding hydrogens is 262 g/mol. The summed E-state index contributed by atoms with van der Waals surface area (Å²) in [4.78, 5) is 17.0. The van der Waals surface area contributed by atoms with Crippen LogP contribution >= 0.6 is 0 Å². The molecular formula is C17H25N3O. The van der Waals surface area contributed by atoms with Crippen molar-refractivity contribution in [1.29, 1.82) is 0 Å². The van der Waals surface area contributed by atoms with Crippen molar-refractivity contribution < 1.29 is 0 Å². The minimum atomic E-state index is -0.132. The number of hydrogen-bond donors (Lipinski definition) is 3. The lowest BCUT2D eigenvalue weighted by molar-refractivity contribution is 0.368. The summed E-state index contributed by atoms with van der Waals surface area (Å²) in [7, 11) is 2.03. The molecule has 1 aliphatic carbocycles. The van der Waals surface area contributed by atoms with Gasteiger partial charge in [0.15, 0.2) is 0 Å². The van der Waals surface area contributed by atoms with Gasteiger partial charge in [0.25, 0.3) is 0 Å². The smallest absolute Gasteiger partial charge is 0.313 e. The Hall–Kier alpha value is -1.55. The van der Waals surface area contributed by atoms with Crippen molar-refractivity contribution >= 4 is 11.0 Å². The van der Waals surface area contributed by atoms with E-state index in [0.717, 1.165) is 17.0 Å². The lowest BCUT2D eigenvalue weighted by Crippen LogP contribution is -2.20. The molecule has 0 bridgehead atoms. The van der Waals surface area contributed by atoms with Crippen molar-refractivity contribution in [3.63, 3.8) is 0 Å². The fourth-order valence-electron chi connectivity index (χ4n) is 3.62. The van der Waals surface area contributed by atoms with Crippen molar-refractivity contribution in [2.24, 2.45) is 5.92 Å². The molecule has 0 aliphatic heterocycles. The fourth-order valence-corrected chi connectivity index (χ4v) is 3.62. The van der Waals surface area contributed by atoms with Crippen LogP contribution in [0.25, 0.3) is 11.0 Å². The van der Waals surface area contributed by atoms with Gasteiger partial charge in [-0.1, -0.05) is 44.6 Å². The third-order valence-corrected chi connectivity index (χ3v) is 4.83. The Bertz CT molecular complexity index is 635. The van der Waals surface area contributed by atoms with Gasteiger partial charge in [0, 0.05) is 6.04 Å². The molecule has 1 atom stereocenters. The van der Waals surface area contributed by atoms with Gasteiger partial charge in [-0.05, 0) is 37.1 Å². The lowest BCUT2D eigenvalue weighted by atomic mass is 9.89. The van der Waals surface area contributed by atoms with Crippen LogP contribution in [0.3, 0.4) is 0 Å². The zero-order valence-electron chi connectivity index (χ0n) is 12.7. The second-order valence-corrected chi connectivity index (χ2v) is 6.32. The van der Waals surface area contributed by atoms with Crippen LogP contribution < -0.4 is 11.0 Å². The van der Waals surface area contributed by atoms with Crippen LogP contribution in [-0.4, -0.2) is 17.0 Å². The van der Waals surface area contributed by atoms with Crippen LogP contribution in [0.15, 0.2) is 23.0 Å². The fraction of sp³-hybridized carbons (Fsp3) is 0.588. The first-order valence-corrected chi connectivity index (χ1v) is 8.15. The maximum atomic E-state index is 11.4. The molecule has 4 heteroatoms. The van der Waals surface area contributed by atoms with Crippen LogP contribution in [0.4, 0.5) is 0 Å². The molecule has 3 N–H and O–H groups in total. The summed E-state index contributed by atoms with van der Waals surface area (Å²) in [6.07, 6.45) is 9.48. The van der Waals surface area contributed by atoms with E-state index in [9.17, 15) is 4.79 Å². The molecule has 3 rings (SSSR count). The standard InChI is InChI=1S/C17H25N3O/c1-18-15(10-12-6-4-2-3-5-7-12)13-8-9-14-16(11-13)20-17(21)19-14/h8-9,11-12,15,18H,2-7,10H2,1H3,(H2,19,20,21). The van der Waals surface area contributed by atoms with Crippen molar-refractivity contribution in [2.75, 3.05) is 7.05 Å². The van der Waals surface area contributed by atoms with Crippen LogP contribution in [0.1, 0.15) is 56.6 Å². The summed E-state index contributed by atoms with van der Waals surface area (Å²) in [5.41, 5.74) is 2.92. The largest absolute Gasteiger partial charge is 0.323 e. The SMILES string of the molecule is CNC(CC1CCCCCC1)c1ccc2[nH]c(=O)[nH]c2c1. The van der Waals surface area contributed by atoms with Gasteiger partial charge in [-0.3, -0.25) is 0 Å². The molecule has 1 fully saturated rings. The predicted molar refractivity (Wildman–Crippen MR) is 86.5 cm³/mol. The highest BCUT2D eigenvalue weighted by molar-refractivity contribution is 5.75. The number of hydrogen-bond acceptors (Lipinski definition) is 2. The monoisotopic (exact) mass is 287 g/mol. The zero-order chi connectivity index (χ0) is 14.7. The van der Waals surface area contributed by atoms with E-state index in [4.69, 9.17) is 0 Å². The summed E-state index contributed by atoms with van der Waals surface area (Å²) in [5, 5.41) is 3.46. The zero-order valence-corrected chi connectivity index (χ0v) is 12.7. The number of H-pyrrole nitrogens is 2. The Morgan fingerprint density at radius 1 is 1.14 bits per heavy atom. The molecule has 114 valence electrons. The second kappa shape index (κ2) is 6.48. The molecule has 1 aliphatic rings. The quantitative estimate of drug-likeness (QED) is 0.754. The van der Waals surface area contributed by atoms with Crippen molar-refractivity contribution in [3.8, 4) is 0 Å². The normalized spacial score (nSPS) is 18.7. The maximum absolute atomic E-state index is 11.4. The second-order valence-electron chi connectivity index (χ2n) is 6.32. The van der Waals surface area contributed by atoms with Gasteiger partial charge in [-0.25, -0.2) is 4.79 Å². The van der Waals surface area contributed by atoms with E-state index >= 15 is 0 Å². The highest BCUT2D eigenvalue weighted by Gasteiger charge is 2.18. The topological polar surface area (TPSA) is 60.7 Å². The van der Waals surface area contributed by atoms with Crippen LogP contribution in [0.2, 0.25) is 0 Å². The molecule has 1 saturated carbocycles. The van der Waals surface area contributed by atoms with Gasteiger partial charge in [0.1, 0.15) is 0 Å². The Morgan fingerprint density at radius 3 is 2.57 bits per heavy atom. The van der Waals surface area contributed by atoms with E-state index in [2.05, 4.69) is 27.4 Å². The number of nitrogens with one attached hydrogen (secondary N) is 3. The third-order valence-electron chi connectivity index (χ3n) is 4.83. The number of benzene rings is 1. The van der Waals surface area contributed by atoms with Gasteiger partial charge in [0.05, 0.1) is 11.0 Å². The number of rotatable bonds is 4. The Morgan fingerprint density at radius 2 is 1.86 bits per heavy atom. The van der Waals surface area contributed by atoms with Gasteiger partial charge in [0.2, 0.25) is 0 Å². The summed E-state index contributed by atoms with van der Waals surface area (Å²) in [6.45, 7) is 0. The summed E-state index contributed by atoms with van der Waals surface area (Å²) in [6, 6.07) is 6.60. The van der Waals surface area contributed by atoms with Crippen molar-refractivity contribution in [1.82, 2.24) is 15.3 Å². The highest BCUT2D eigenvalue weighted by Crippen LogP contribution is 2.31. The van der Waals surface area contributed by atoms with Crippen molar-refractivity contribution in [2.45, 2.75) is 51.0 Å². The average molecular weight is 287 g/mol. The molecule has 1 aromatic heterocycles. The summed E-state index contributed by atoms with van der Waals surface area (Å²) >= 11 is 0. The lowest BCUT2D eigenvalue weighted by Gasteiger charge is -2.22. The van der Waals surface area contributed by atoms with E-state index in [-0.39, 0.29) is 5.69 Å². The Labute approximate surface area is 125 Å². The minimum absolute atomic E-state index is 0.132. The minimum Gasteiger partial charge on any atom is -0.313 e. The molecule has 0 saturated heterocycles. The molecule has 0 radical (unpaired) electrons. The van der Waals surface area contributed by atoms with E-state index in [1.807, 2.05) is 13.1 Å². The number of imidazole rings is 1. The van der Waals surface area contributed by atoms with Crippen LogP contribution in [-0.2, 0) is 0 Å². The van der Waals surface area contributed by atoms with E-state index in [1.165, 1.54) is 50.5 Å². The predicted octanol–water partition coefficient (Wildman–Crippen LogP) is 3.48. The van der Waals surface area contributed by atoms with Gasteiger partial charge in [-0.15, -0.1) is 0 Å². The van der Waals surface area contributed by atoms with Crippen molar-refractivity contribution in [3.05, 3.63) is 34.2 Å². The summed E-state index contributed by atoms with van der Waals surface area (Å²) in [5.74, 6) is 0.825. The molecule has 0 amide bonds. The summed E-state index contributed by atoms with van der Waals surface area (Å²) < 4.78 is 0. The van der Waals surface area contributed by atoms with Gasteiger partial charge >= 0.3 is 5.69 Å². The molecule has 2 aromatic rings. The average Bonchev–Trinajstić information content (AvgIpc) is 2.69. The van der Waals surface area contributed by atoms with Gasteiger partial charge < -0.3 is 15.3 Å². The molecule has 1 heterocycles. The third kappa shape index (κ3) is 3.38. The molecule has 1 unspecified atom stereocenters. The van der Waals surface area contributed by atoms with E-state index in [1.54, 1.807) is 0 Å². The Kier molecular flexibility index (Phi) is 4.44. The highest BCUT2D eigenvalue weighted by atomic mass is 16.1.